The van der Waals surface area contributed by atoms with Crippen LogP contribution in [0, 0.1) is 0 Å². The van der Waals surface area contributed by atoms with Gasteiger partial charge < -0.3 is 4.57 Å². The van der Waals surface area contributed by atoms with Crippen LogP contribution in [0.1, 0.15) is 0 Å². The fraction of sp³-hybridized carbons (Fsp3) is 0. The molecule has 3 heterocycles. The smallest absolute Gasteiger partial charge is 0.160 e. The molecule has 9 aromatic rings. The molecule has 0 radical (unpaired) electrons. The van der Waals surface area contributed by atoms with Crippen molar-refractivity contribution in [1.29, 1.82) is 0 Å². The molecular weight excluding hydrogens is 562 g/mol. The Morgan fingerprint density at radius 2 is 1.04 bits per heavy atom. The van der Waals surface area contributed by atoms with Gasteiger partial charge in [-0.15, -0.1) is 0 Å². The molecule has 0 aliphatic carbocycles. The minimum Gasteiger partial charge on any atom is -0.307 e. The Morgan fingerprint density at radius 3 is 1.76 bits per heavy atom. The lowest BCUT2D eigenvalue weighted by Crippen LogP contribution is -1.97. The molecule has 9 rings (SSSR count). The molecule has 216 valence electrons. The zero-order valence-corrected chi connectivity index (χ0v) is 24.8. The summed E-state index contributed by atoms with van der Waals surface area (Å²) in [6, 6.07) is 54.6. The maximum atomic E-state index is 5.03. The van der Waals surface area contributed by atoms with Crippen LogP contribution in [0.25, 0.3) is 78.1 Å². The number of para-hydroxylation sites is 2. The van der Waals surface area contributed by atoms with E-state index in [1.807, 2.05) is 48.8 Å². The fourth-order valence-electron chi connectivity index (χ4n) is 6.44. The number of benzene rings is 6. The second kappa shape index (κ2) is 10.7. The van der Waals surface area contributed by atoms with E-state index in [2.05, 4.69) is 124 Å². The highest BCUT2D eigenvalue weighted by atomic mass is 15.1. The van der Waals surface area contributed by atoms with Crippen LogP contribution in [0.15, 0.2) is 164 Å². The number of rotatable bonds is 5. The van der Waals surface area contributed by atoms with Gasteiger partial charge in [-0.25, -0.2) is 15.0 Å². The van der Waals surface area contributed by atoms with Crippen LogP contribution < -0.4 is 0 Å². The van der Waals surface area contributed by atoms with E-state index in [1.54, 1.807) is 0 Å². The minimum atomic E-state index is 0.708. The Balaban J connectivity index is 1.21. The van der Waals surface area contributed by atoms with E-state index < -0.39 is 0 Å². The summed E-state index contributed by atoms with van der Waals surface area (Å²) in [5, 5.41) is 2.38. The van der Waals surface area contributed by atoms with Gasteiger partial charge in [0.15, 0.2) is 5.82 Å². The number of hydrogen-bond donors (Lipinski definition) is 0. The number of hydrogen-bond acceptors (Lipinski definition) is 3. The standard InChI is InChI=1S/C41H27N5/c1-4-12-28(13-5-1)35-26-36(44-41(43-35)30-14-6-2-7-15-30)29-20-22-32(23-21-29)46-37-19-11-10-18-33(37)34-24-25-38-39(40(34)46)42-27-45(38)31-16-8-3-9-17-31/h1-27H. The van der Waals surface area contributed by atoms with E-state index in [9.17, 15) is 0 Å². The van der Waals surface area contributed by atoms with Crippen LogP contribution in [0.4, 0.5) is 0 Å². The zero-order chi connectivity index (χ0) is 30.5. The van der Waals surface area contributed by atoms with Crippen molar-refractivity contribution in [1.82, 2.24) is 24.1 Å². The monoisotopic (exact) mass is 589 g/mol. The quantitative estimate of drug-likeness (QED) is 0.201. The first-order valence-corrected chi connectivity index (χ1v) is 15.4. The molecule has 6 aromatic carbocycles. The van der Waals surface area contributed by atoms with Gasteiger partial charge in [0.1, 0.15) is 11.8 Å². The number of nitrogens with zero attached hydrogens (tertiary/aromatic N) is 5. The van der Waals surface area contributed by atoms with E-state index >= 15 is 0 Å². The fourth-order valence-corrected chi connectivity index (χ4v) is 6.44. The SMILES string of the molecule is c1ccc(-c2cc(-c3ccc(-n4c5ccccc5c5ccc6c(ncn6-c6ccccc6)c54)cc3)nc(-c3ccccc3)n2)cc1. The number of aromatic nitrogens is 5. The van der Waals surface area contributed by atoms with Gasteiger partial charge in [-0.05, 0) is 48.5 Å². The minimum absolute atomic E-state index is 0.708. The maximum Gasteiger partial charge on any atom is 0.160 e. The Kier molecular flexibility index (Phi) is 6.06. The van der Waals surface area contributed by atoms with Gasteiger partial charge in [-0.2, -0.15) is 0 Å². The van der Waals surface area contributed by atoms with E-state index in [-0.39, 0.29) is 0 Å². The van der Waals surface area contributed by atoms with Crippen molar-refractivity contribution < 1.29 is 0 Å². The van der Waals surface area contributed by atoms with E-state index in [4.69, 9.17) is 15.0 Å². The molecule has 3 aromatic heterocycles. The molecule has 0 atom stereocenters. The van der Waals surface area contributed by atoms with Gasteiger partial charge in [0.2, 0.25) is 0 Å². The summed E-state index contributed by atoms with van der Waals surface area (Å²) in [5.74, 6) is 0.708. The van der Waals surface area contributed by atoms with Gasteiger partial charge in [-0.1, -0.05) is 109 Å². The first-order chi connectivity index (χ1) is 22.8. The molecule has 5 heteroatoms. The molecule has 5 nitrogen and oxygen atoms in total. The van der Waals surface area contributed by atoms with Crippen LogP contribution in [0.2, 0.25) is 0 Å². The van der Waals surface area contributed by atoms with Gasteiger partial charge >= 0.3 is 0 Å². The van der Waals surface area contributed by atoms with Gasteiger partial charge in [0.05, 0.1) is 27.9 Å². The van der Waals surface area contributed by atoms with Crippen LogP contribution in [0.3, 0.4) is 0 Å². The third-order valence-electron chi connectivity index (χ3n) is 8.63. The number of imidazole rings is 1. The summed E-state index contributed by atoms with van der Waals surface area (Å²) in [5.41, 5.74) is 11.3. The summed E-state index contributed by atoms with van der Waals surface area (Å²) in [6.45, 7) is 0. The molecular formula is C41H27N5. The van der Waals surface area contributed by atoms with Crippen molar-refractivity contribution in [3.05, 3.63) is 164 Å². The summed E-state index contributed by atoms with van der Waals surface area (Å²) >= 11 is 0. The third kappa shape index (κ3) is 4.29. The Labute approximate surface area is 265 Å². The second-order valence-electron chi connectivity index (χ2n) is 11.4. The van der Waals surface area contributed by atoms with E-state index in [0.29, 0.717) is 5.82 Å². The summed E-state index contributed by atoms with van der Waals surface area (Å²) in [7, 11) is 0. The topological polar surface area (TPSA) is 48.5 Å². The first kappa shape index (κ1) is 26.1. The average molecular weight is 590 g/mol. The highest BCUT2D eigenvalue weighted by molar-refractivity contribution is 6.17. The Hall–Kier alpha value is -6.33. The van der Waals surface area contributed by atoms with Crippen LogP contribution >= 0.6 is 0 Å². The molecule has 0 fully saturated rings. The lowest BCUT2D eigenvalue weighted by molar-refractivity contribution is 1.09. The van der Waals surface area contributed by atoms with Crippen LogP contribution in [-0.4, -0.2) is 24.1 Å². The summed E-state index contributed by atoms with van der Waals surface area (Å²) in [4.78, 5) is 15.0. The molecule has 0 bridgehead atoms. The summed E-state index contributed by atoms with van der Waals surface area (Å²) < 4.78 is 4.49. The first-order valence-electron chi connectivity index (χ1n) is 15.4. The van der Waals surface area contributed by atoms with Gasteiger partial charge in [0, 0.05) is 38.8 Å². The predicted octanol–water partition coefficient (Wildman–Crippen LogP) is 9.91. The number of fused-ring (bicyclic) bond motifs is 5. The van der Waals surface area contributed by atoms with Crippen molar-refractivity contribution >= 4 is 32.8 Å². The molecule has 0 N–H and O–H groups in total. The van der Waals surface area contributed by atoms with Crippen LogP contribution in [-0.2, 0) is 0 Å². The van der Waals surface area contributed by atoms with E-state index in [0.717, 1.165) is 61.5 Å². The zero-order valence-electron chi connectivity index (χ0n) is 24.8. The molecule has 46 heavy (non-hydrogen) atoms. The molecule has 0 saturated heterocycles. The molecule has 0 saturated carbocycles. The Morgan fingerprint density at radius 1 is 0.435 bits per heavy atom. The van der Waals surface area contributed by atoms with Crippen molar-refractivity contribution in [2.45, 2.75) is 0 Å². The highest BCUT2D eigenvalue weighted by Crippen LogP contribution is 2.37. The maximum absolute atomic E-state index is 5.03. The second-order valence-corrected chi connectivity index (χ2v) is 11.4. The van der Waals surface area contributed by atoms with Crippen molar-refractivity contribution in [2.24, 2.45) is 0 Å². The molecule has 0 amide bonds. The van der Waals surface area contributed by atoms with Crippen molar-refractivity contribution in [2.75, 3.05) is 0 Å². The highest BCUT2D eigenvalue weighted by Gasteiger charge is 2.18. The van der Waals surface area contributed by atoms with Gasteiger partial charge in [0.25, 0.3) is 0 Å². The van der Waals surface area contributed by atoms with Crippen molar-refractivity contribution in [3.8, 4) is 45.3 Å². The lowest BCUT2D eigenvalue weighted by atomic mass is 10.1. The normalized spacial score (nSPS) is 11.5. The molecule has 0 spiro atoms. The molecule has 0 aliphatic rings. The molecule has 0 aliphatic heterocycles. The van der Waals surface area contributed by atoms with Crippen molar-refractivity contribution in [3.63, 3.8) is 0 Å². The van der Waals surface area contributed by atoms with E-state index in [1.165, 1.54) is 10.8 Å². The lowest BCUT2D eigenvalue weighted by Gasteiger charge is -2.12. The summed E-state index contributed by atoms with van der Waals surface area (Å²) in [6.07, 6.45) is 1.92. The predicted molar refractivity (Wildman–Crippen MR) is 187 cm³/mol. The Bertz CT molecular complexity index is 2440. The van der Waals surface area contributed by atoms with Gasteiger partial charge in [-0.3, -0.25) is 4.57 Å². The average Bonchev–Trinajstić information content (AvgIpc) is 3.72. The largest absolute Gasteiger partial charge is 0.307 e. The third-order valence-corrected chi connectivity index (χ3v) is 8.63. The van der Waals surface area contributed by atoms with Crippen LogP contribution in [0.5, 0.6) is 0 Å². The molecule has 0 unspecified atom stereocenters.